The molecule has 1 N–H and O–H groups in total. The van der Waals surface area contributed by atoms with Crippen molar-refractivity contribution in [2.75, 3.05) is 36.1 Å². The number of aryl methyl sites for hydroxylation is 1. The summed E-state index contributed by atoms with van der Waals surface area (Å²) in [5.74, 6) is -0.309. The van der Waals surface area contributed by atoms with Gasteiger partial charge in [0.25, 0.3) is 0 Å². The topological polar surface area (TPSA) is 45.6 Å². The number of thiocarbonyl (C=S) groups is 1. The van der Waals surface area contributed by atoms with Crippen LogP contribution >= 0.6 is 12.2 Å². The molecule has 8 heteroatoms. The molecule has 0 radical (unpaired) electrons. The predicted molar refractivity (Wildman–Crippen MR) is 153 cm³/mol. The molecule has 4 heterocycles. The first kappa shape index (κ1) is 24.6. The Kier molecular flexibility index (Phi) is 6.59. The van der Waals surface area contributed by atoms with Crippen LogP contribution in [0, 0.1) is 19.7 Å². The molecule has 0 bridgehead atoms. The van der Waals surface area contributed by atoms with Crippen molar-refractivity contribution in [3.05, 3.63) is 107 Å². The summed E-state index contributed by atoms with van der Waals surface area (Å²) in [6.45, 7) is 7.55. The van der Waals surface area contributed by atoms with E-state index in [2.05, 4.69) is 63.9 Å². The van der Waals surface area contributed by atoms with E-state index in [0.717, 1.165) is 54.6 Å². The second-order valence-corrected chi connectivity index (χ2v) is 10.1. The van der Waals surface area contributed by atoms with Crippen molar-refractivity contribution in [1.29, 1.82) is 0 Å². The third-order valence-corrected chi connectivity index (χ3v) is 7.80. The van der Waals surface area contributed by atoms with Crippen molar-refractivity contribution in [3.63, 3.8) is 0 Å². The molecule has 38 heavy (non-hydrogen) atoms. The first-order valence-corrected chi connectivity index (χ1v) is 13.3. The molecule has 6 rings (SSSR count). The number of anilines is 2. The van der Waals surface area contributed by atoms with Crippen molar-refractivity contribution < 1.29 is 9.13 Å². The Morgan fingerprint density at radius 3 is 2.37 bits per heavy atom. The minimum atomic E-state index is -0.309. The first-order chi connectivity index (χ1) is 18.5. The number of halogens is 1. The monoisotopic (exact) mass is 527 g/mol. The highest BCUT2D eigenvalue weighted by atomic mass is 32.1. The van der Waals surface area contributed by atoms with E-state index in [1.807, 2.05) is 29.2 Å². The number of rotatable bonds is 5. The van der Waals surface area contributed by atoms with Gasteiger partial charge in [0.2, 0.25) is 0 Å². The number of ether oxygens (including phenoxy) is 1. The summed E-state index contributed by atoms with van der Waals surface area (Å²) >= 11 is 5.79. The average molecular weight is 528 g/mol. The van der Waals surface area contributed by atoms with Gasteiger partial charge in [-0.1, -0.05) is 18.2 Å². The summed E-state index contributed by atoms with van der Waals surface area (Å²) < 4.78 is 22.9. The van der Waals surface area contributed by atoms with Crippen LogP contribution in [0.5, 0.6) is 0 Å². The molecule has 2 aromatic carbocycles. The van der Waals surface area contributed by atoms with Crippen molar-refractivity contribution in [2.45, 2.75) is 25.9 Å². The lowest BCUT2D eigenvalue weighted by molar-refractivity contribution is 0.122. The number of nitrogens with one attached hydrogen (secondary N) is 1. The zero-order valence-corrected chi connectivity index (χ0v) is 22.3. The summed E-state index contributed by atoms with van der Waals surface area (Å²) in [7, 11) is 0. The Balaban J connectivity index is 1.43. The number of hydrogen-bond donors (Lipinski definition) is 1. The van der Waals surface area contributed by atoms with Crippen molar-refractivity contribution in [2.24, 2.45) is 0 Å². The van der Waals surface area contributed by atoms with Crippen LogP contribution in [0.2, 0.25) is 0 Å². The van der Waals surface area contributed by atoms with Gasteiger partial charge in [-0.25, -0.2) is 4.39 Å². The third kappa shape index (κ3) is 4.33. The number of aromatic nitrogens is 2. The molecule has 0 aliphatic carbocycles. The van der Waals surface area contributed by atoms with Gasteiger partial charge in [-0.05, 0) is 86.2 Å². The van der Waals surface area contributed by atoms with Gasteiger partial charge >= 0.3 is 0 Å². The van der Waals surface area contributed by atoms with E-state index in [9.17, 15) is 0 Å². The molecule has 2 aromatic heterocycles. The van der Waals surface area contributed by atoms with Crippen LogP contribution in [-0.4, -0.2) is 41.0 Å². The van der Waals surface area contributed by atoms with Crippen LogP contribution in [-0.2, 0) is 4.74 Å². The van der Waals surface area contributed by atoms with Crippen LogP contribution in [0.15, 0.2) is 79.0 Å². The zero-order valence-electron chi connectivity index (χ0n) is 21.5. The van der Waals surface area contributed by atoms with Gasteiger partial charge < -0.3 is 24.4 Å². The van der Waals surface area contributed by atoms with Crippen molar-refractivity contribution >= 4 is 28.7 Å². The Morgan fingerprint density at radius 2 is 1.66 bits per heavy atom. The second-order valence-electron chi connectivity index (χ2n) is 9.73. The average Bonchev–Trinajstić information content (AvgIpc) is 3.44. The van der Waals surface area contributed by atoms with E-state index in [1.54, 1.807) is 18.3 Å². The summed E-state index contributed by atoms with van der Waals surface area (Å²) in [5.41, 5.74) is 6.86. The Bertz CT molecular complexity index is 1450. The highest BCUT2D eigenvalue weighted by molar-refractivity contribution is 7.80. The highest BCUT2D eigenvalue weighted by Crippen LogP contribution is 2.44. The minimum absolute atomic E-state index is 0.235. The maximum absolute atomic E-state index is 15.1. The largest absolute Gasteiger partial charge is 0.378 e. The number of benzene rings is 2. The summed E-state index contributed by atoms with van der Waals surface area (Å²) in [5, 5.41) is 3.92. The molecule has 194 valence electrons. The quantitative estimate of drug-likeness (QED) is 0.339. The SMILES string of the molecule is Cc1cc([C@H]2[C@H](c3ccccn3)NC(=S)N2c2ccccc2F)c(C)n1-c1ccc(N2CCOCC2)cc1. The van der Waals surface area contributed by atoms with Crippen LogP contribution in [0.25, 0.3) is 5.69 Å². The van der Waals surface area contributed by atoms with Crippen LogP contribution in [0.3, 0.4) is 0 Å². The standard InChI is InChI=1S/C30H30FN5OS/c1-20-19-24(21(2)35(20)23-12-10-22(11-13-23)34-15-17-37-18-16-34)29-28(26-8-5-6-14-32-26)33-30(38)36(29)27-9-4-3-7-25(27)31/h3-14,19,28-29H,15-18H2,1-2H3,(H,33,38)/t28-,29-/m0/s1. The smallest absolute Gasteiger partial charge is 0.174 e. The number of hydrogen-bond acceptors (Lipinski definition) is 4. The van der Waals surface area contributed by atoms with E-state index in [1.165, 1.54) is 11.8 Å². The fourth-order valence-electron chi connectivity index (χ4n) is 5.70. The van der Waals surface area contributed by atoms with Gasteiger partial charge in [-0.2, -0.15) is 0 Å². The lowest BCUT2D eigenvalue weighted by Gasteiger charge is -2.29. The summed E-state index contributed by atoms with van der Waals surface area (Å²) in [6.07, 6.45) is 1.78. The van der Waals surface area contributed by atoms with Gasteiger partial charge in [-0.15, -0.1) is 0 Å². The third-order valence-electron chi connectivity index (χ3n) is 7.48. The van der Waals surface area contributed by atoms with E-state index >= 15 is 4.39 Å². The Morgan fingerprint density at radius 1 is 0.947 bits per heavy atom. The highest BCUT2D eigenvalue weighted by Gasteiger charge is 2.43. The van der Waals surface area contributed by atoms with Crippen LogP contribution in [0.4, 0.5) is 15.8 Å². The van der Waals surface area contributed by atoms with Gasteiger partial charge in [0.1, 0.15) is 5.82 Å². The molecular formula is C30H30FN5OS. The summed E-state index contributed by atoms with van der Waals surface area (Å²) in [6, 6.07) is 23.0. The molecular weight excluding hydrogens is 497 g/mol. The zero-order chi connectivity index (χ0) is 26.2. The number of nitrogens with zero attached hydrogens (tertiary/aromatic N) is 4. The predicted octanol–water partition coefficient (Wildman–Crippen LogP) is 5.64. The molecule has 0 amide bonds. The summed E-state index contributed by atoms with van der Waals surface area (Å²) in [4.78, 5) is 8.88. The van der Waals surface area contributed by atoms with Crippen LogP contribution in [0.1, 0.15) is 34.7 Å². The Labute approximate surface area is 227 Å². The maximum Gasteiger partial charge on any atom is 0.174 e. The normalized spacial score (nSPS) is 19.6. The van der Waals surface area contributed by atoms with Gasteiger partial charge in [-0.3, -0.25) is 4.98 Å². The molecule has 2 atom stereocenters. The minimum Gasteiger partial charge on any atom is -0.378 e. The molecule has 2 saturated heterocycles. The molecule has 2 fully saturated rings. The lowest BCUT2D eigenvalue weighted by Crippen LogP contribution is -2.36. The molecule has 0 unspecified atom stereocenters. The Hall–Kier alpha value is -3.75. The van der Waals surface area contributed by atoms with Crippen molar-refractivity contribution in [3.8, 4) is 5.69 Å². The number of morpholine rings is 1. The number of pyridine rings is 1. The van der Waals surface area contributed by atoms with Gasteiger partial charge in [0.15, 0.2) is 5.11 Å². The maximum atomic E-state index is 15.1. The number of para-hydroxylation sites is 1. The van der Waals surface area contributed by atoms with Crippen molar-refractivity contribution in [1.82, 2.24) is 14.9 Å². The second kappa shape index (κ2) is 10.2. The fourth-order valence-corrected chi connectivity index (χ4v) is 6.03. The van der Waals surface area contributed by atoms with E-state index in [4.69, 9.17) is 17.0 Å². The van der Waals surface area contributed by atoms with Gasteiger partial charge in [0, 0.05) is 42.0 Å². The molecule has 4 aromatic rings. The van der Waals surface area contributed by atoms with E-state index < -0.39 is 0 Å². The van der Waals surface area contributed by atoms with E-state index in [-0.39, 0.29) is 17.9 Å². The fraction of sp³-hybridized carbons (Fsp3) is 0.267. The lowest BCUT2D eigenvalue weighted by atomic mass is 9.96. The van der Waals surface area contributed by atoms with Crippen LogP contribution < -0.4 is 15.1 Å². The molecule has 2 aliphatic rings. The molecule has 0 spiro atoms. The first-order valence-electron chi connectivity index (χ1n) is 12.9. The molecule has 6 nitrogen and oxygen atoms in total. The molecule has 2 aliphatic heterocycles. The van der Waals surface area contributed by atoms with E-state index in [0.29, 0.717) is 10.8 Å². The molecule has 0 saturated carbocycles. The van der Waals surface area contributed by atoms with Gasteiger partial charge in [0.05, 0.1) is 36.7 Å².